The van der Waals surface area contributed by atoms with Crippen LogP contribution in [-0.4, -0.2) is 48.8 Å². The van der Waals surface area contributed by atoms with Crippen molar-refractivity contribution in [3.05, 3.63) is 57.1 Å². The summed E-state index contributed by atoms with van der Waals surface area (Å²) in [5, 5.41) is 29.8. The molecule has 0 aliphatic carbocycles. The van der Waals surface area contributed by atoms with Crippen molar-refractivity contribution in [2.45, 2.75) is 5.54 Å². The summed E-state index contributed by atoms with van der Waals surface area (Å²) in [5.74, 6) is -0.473. The van der Waals surface area contributed by atoms with Crippen LogP contribution in [0.1, 0.15) is 0 Å². The molecule has 3 rings (SSSR count). The van der Waals surface area contributed by atoms with Crippen molar-refractivity contribution in [2.24, 2.45) is 14.1 Å². The van der Waals surface area contributed by atoms with Crippen molar-refractivity contribution in [2.75, 3.05) is 19.8 Å². The fourth-order valence-electron chi connectivity index (χ4n) is 3.18. The minimum absolute atomic E-state index is 0.158. The summed E-state index contributed by atoms with van der Waals surface area (Å²) in [6.07, 6.45) is 1.43. The Morgan fingerprint density at radius 3 is 2.04 bits per heavy atom. The average Bonchev–Trinajstić information content (AvgIpc) is 3.08. The molecule has 0 atom stereocenters. The molecule has 0 aliphatic rings. The molecule has 0 bridgehead atoms. The summed E-state index contributed by atoms with van der Waals surface area (Å²) in [6.45, 7) is -1.86. The molecule has 0 unspecified atom stereocenters. The Hall–Kier alpha value is -2.75. The van der Waals surface area contributed by atoms with Gasteiger partial charge in [-0.05, 0) is 29.8 Å². The number of aliphatic hydroxyl groups excluding tert-OH is 3. The van der Waals surface area contributed by atoms with Gasteiger partial charge >= 0.3 is 5.69 Å². The Morgan fingerprint density at radius 1 is 0.963 bits per heavy atom. The summed E-state index contributed by atoms with van der Waals surface area (Å²) >= 11 is 0. The fourth-order valence-corrected chi connectivity index (χ4v) is 3.18. The number of hydrogen-bond acceptors (Lipinski definition) is 5. The van der Waals surface area contributed by atoms with Crippen LogP contribution in [0.25, 0.3) is 22.2 Å². The number of hydrogen-bond donors (Lipinski definition) is 3. The summed E-state index contributed by atoms with van der Waals surface area (Å²) in [4.78, 5) is 25.1. The molecular weight excluding hydrogens is 357 g/mol. The van der Waals surface area contributed by atoms with Gasteiger partial charge in [-0.15, -0.1) is 0 Å². The molecule has 1 aromatic carbocycles. The van der Waals surface area contributed by atoms with E-state index in [1.807, 2.05) is 0 Å². The Bertz CT molecular complexity index is 1100. The Labute approximate surface area is 153 Å². The van der Waals surface area contributed by atoms with Gasteiger partial charge in [0.15, 0.2) is 0 Å². The predicted octanol–water partition coefficient (Wildman–Crippen LogP) is -0.483. The van der Waals surface area contributed by atoms with Gasteiger partial charge in [0.2, 0.25) is 0 Å². The lowest BCUT2D eigenvalue weighted by Crippen LogP contribution is -2.44. The Balaban J connectivity index is 2.56. The normalized spacial score (nSPS) is 12.1. The lowest BCUT2D eigenvalue weighted by molar-refractivity contribution is 0.0168. The highest BCUT2D eigenvalue weighted by Crippen LogP contribution is 2.33. The van der Waals surface area contributed by atoms with Gasteiger partial charge in [-0.3, -0.25) is 13.9 Å². The molecule has 0 radical (unpaired) electrons. The van der Waals surface area contributed by atoms with E-state index in [1.165, 1.54) is 53.7 Å². The molecule has 144 valence electrons. The molecule has 2 aromatic heterocycles. The maximum atomic E-state index is 13.4. The van der Waals surface area contributed by atoms with E-state index in [0.717, 1.165) is 4.57 Å². The zero-order chi connectivity index (χ0) is 19.9. The van der Waals surface area contributed by atoms with E-state index in [2.05, 4.69) is 0 Å². The molecule has 27 heavy (non-hydrogen) atoms. The molecule has 0 fully saturated rings. The van der Waals surface area contributed by atoms with Gasteiger partial charge < -0.3 is 19.9 Å². The third-order valence-corrected chi connectivity index (χ3v) is 4.95. The average molecular weight is 377 g/mol. The van der Waals surface area contributed by atoms with Crippen LogP contribution in [-0.2, 0) is 19.6 Å². The molecular formula is C18H20FN3O5. The number of aryl methyl sites for hydroxylation is 1. The van der Waals surface area contributed by atoms with Crippen molar-refractivity contribution in [3.63, 3.8) is 0 Å². The van der Waals surface area contributed by atoms with Crippen LogP contribution in [0.3, 0.4) is 0 Å². The number of fused-ring (bicyclic) bond motifs is 1. The SMILES string of the molecule is Cn1c(=O)c2c(-c3ccc(F)cc3)n(C(CO)(CO)CO)cc2n(C)c1=O. The second kappa shape index (κ2) is 6.76. The van der Waals surface area contributed by atoms with E-state index in [0.29, 0.717) is 5.56 Å². The van der Waals surface area contributed by atoms with Crippen LogP contribution in [0.4, 0.5) is 4.39 Å². The van der Waals surface area contributed by atoms with Crippen molar-refractivity contribution in [3.8, 4) is 11.3 Å². The largest absolute Gasteiger partial charge is 0.394 e. The second-order valence-corrected chi connectivity index (χ2v) is 6.52. The van der Waals surface area contributed by atoms with Gasteiger partial charge in [-0.1, -0.05) is 0 Å². The van der Waals surface area contributed by atoms with E-state index in [9.17, 15) is 29.3 Å². The molecule has 0 spiro atoms. The van der Waals surface area contributed by atoms with Crippen molar-refractivity contribution in [1.29, 1.82) is 0 Å². The van der Waals surface area contributed by atoms with E-state index < -0.39 is 42.4 Å². The maximum absolute atomic E-state index is 13.4. The summed E-state index contributed by atoms with van der Waals surface area (Å²) in [7, 11) is 2.83. The zero-order valence-electron chi connectivity index (χ0n) is 14.9. The highest BCUT2D eigenvalue weighted by molar-refractivity contribution is 5.94. The van der Waals surface area contributed by atoms with Crippen LogP contribution in [0.2, 0.25) is 0 Å². The first-order valence-electron chi connectivity index (χ1n) is 8.21. The van der Waals surface area contributed by atoms with E-state index in [1.54, 1.807) is 0 Å². The Morgan fingerprint density at radius 2 is 1.52 bits per heavy atom. The topological polar surface area (TPSA) is 110 Å². The van der Waals surface area contributed by atoms with Crippen LogP contribution in [0, 0.1) is 5.82 Å². The van der Waals surface area contributed by atoms with Gasteiger partial charge in [0.05, 0.1) is 36.4 Å². The maximum Gasteiger partial charge on any atom is 0.330 e. The lowest BCUT2D eigenvalue weighted by Gasteiger charge is -2.31. The molecule has 0 saturated heterocycles. The minimum Gasteiger partial charge on any atom is -0.394 e. The molecule has 0 amide bonds. The van der Waals surface area contributed by atoms with Crippen molar-refractivity contribution >= 4 is 10.9 Å². The molecule has 0 saturated carbocycles. The number of benzene rings is 1. The first-order valence-corrected chi connectivity index (χ1v) is 8.21. The van der Waals surface area contributed by atoms with E-state index in [4.69, 9.17) is 0 Å². The van der Waals surface area contributed by atoms with E-state index in [-0.39, 0.29) is 16.6 Å². The lowest BCUT2D eigenvalue weighted by atomic mass is 10.0. The smallest absolute Gasteiger partial charge is 0.330 e. The summed E-state index contributed by atoms with van der Waals surface area (Å²) in [6, 6.07) is 5.32. The minimum atomic E-state index is -1.52. The number of aromatic nitrogens is 3. The van der Waals surface area contributed by atoms with E-state index >= 15 is 0 Å². The molecule has 3 N–H and O–H groups in total. The molecule has 2 heterocycles. The third kappa shape index (κ3) is 2.71. The number of aliphatic hydroxyl groups is 3. The number of rotatable bonds is 5. The quantitative estimate of drug-likeness (QED) is 0.556. The first-order chi connectivity index (χ1) is 12.8. The first kappa shape index (κ1) is 19.0. The summed E-state index contributed by atoms with van der Waals surface area (Å²) in [5.41, 5.74) is -1.68. The molecule has 3 aromatic rings. The van der Waals surface area contributed by atoms with Crippen molar-refractivity contribution < 1.29 is 19.7 Å². The predicted molar refractivity (Wildman–Crippen MR) is 97.0 cm³/mol. The molecule has 9 heteroatoms. The van der Waals surface area contributed by atoms with Gasteiger partial charge in [0, 0.05) is 20.3 Å². The monoisotopic (exact) mass is 377 g/mol. The molecule has 0 aliphatic heterocycles. The molecule has 8 nitrogen and oxygen atoms in total. The summed E-state index contributed by atoms with van der Waals surface area (Å²) < 4.78 is 17.0. The number of halogens is 1. The van der Waals surface area contributed by atoms with Crippen molar-refractivity contribution in [1.82, 2.24) is 13.7 Å². The van der Waals surface area contributed by atoms with Crippen LogP contribution >= 0.6 is 0 Å². The highest BCUT2D eigenvalue weighted by Gasteiger charge is 2.34. The van der Waals surface area contributed by atoms with Crippen LogP contribution < -0.4 is 11.2 Å². The number of nitrogens with zero attached hydrogens (tertiary/aromatic N) is 3. The van der Waals surface area contributed by atoms with Gasteiger partial charge in [-0.25, -0.2) is 9.18 Å². The zero-order valence-corrected chi connectivity index (χ0v) is 14.9. The fraction of sp³-hybridized carbons (Fsp3) is 0.333. The van der Waals surface area contributed by atoms with Gasteiger partial charge in [-0.2, -0.15) is 0 Å². The standard InChI is InChI=1S/C18H20FN3O5/c1-20-13-7-22(18(8-23,9-24)10-25)15(11-3-5-12(19)6-4-11)14(13)16(26)21(2)17(20)27/h3-7,23-25H,8-10H2,1-2H3. The van der Waals surface area contributed by atoms with Crippen LogP contribution in [0.15, 0.2) is 40.1 Å². The third-order valence-electron chi connectivity index (χ3n) is 4.95. The Kier molecular flexibility index (Phi) is 4.77. The van der Waals surface area contributed by atoms with Gasteiger partial charge in [0.25, 0.3) is 5.56 Å². The second-order valence-electron chi connectivity index (χ2n) is 6.52. The van der Waals surface area contributed by atoms with Gasteiger partial charge in [0.1, 0.15) is 11.4 Å². The van der Waals surface area contributed by atoms with Crippen LogP contribution in [0.5, 0.6) is 0 Å². The highest BCUT2D eigenvalue weighted by atomic mass is 19.1.